The van der Waals surface area contributed by atoms with Gasteiger partial charge in [-0.3, -0.25) is 14.5 Å². The minimum Gasteiger partial charge on any atom is -0.496 e. The van der Waals surface area contributed by atoms with Gasteiger partial charge in [0.1, 0.15) is 5.75 Å². The molecule has 2 fully saturated rings. The molecule has 0 radical (unpaired) electrons. The fraction of sp³-hybridized carbons (Fsp3) is 0.677. The zero-order valence-corrected chi connectivity index (χ0v) is 23.3. The molecule has 1 aliphatic carbocycles. The largest absolute Gasteiger partial charge is 0.496 e. The number of carbonyl (C=O) groups excluding carboxylic acids is 2. The van der Waals surface area contributed by atoms with Gasteiger partial charge in [0.15, 0.2) is 0 Å². The number of hydrogen-bond acceptors (Lipinski definition) is 4. The van der Waals surface area contributed by atoms with E-state index >= 15 is 0 Å². The molecule has 6 heteroatoms. The smallest absolute Gasteiger partial charge is 0.226 e. The normalized spacial score (nSPS) is 17.3. The summed E-state index contributed by atoms with van der Waals surface area (Å²) in [7, 11) is 1.69. The molecule has 0 atom stereocenters. The van der Waals surface area contributed by atoms with E-state index in [-0.39, 0.29) is 5.92 Å². The molecule has 0 spiro atoms. The summed E-state index contributed by atoms with van der Waals surface area (Å²) >= 11 is 0. The number of rotatable bonds is 14. The van der Waals surface area contributed by atoms with Crippen molar-refractivity contribution >= 4 is 17.9 Å². The van der Waals surface area contributed by atoms with Crippen LogP contribution in [0.2, 0.25) is 0 Å². The summed E-state index contributed by atoms with van der Waals surface area (Å²) in [5.41, 5.74) is 1.03. The zero-order chi connectivity index (χ0) is 26.3. The van der Waals surface area contributed by atoms with E-state index in [0.717, 1.165) is 89.1 Å². The Bertz CT molecular complexity index is 842. The Labute approximate surface area is 225 Å². The number of nitrogens with zero attached hydrogens (tertiary/aromatic N) is 3. The molecule has 0 N–H and O–H groups in total. The molecule has 0 unspecified atom stereocenters. The average molecular weight is 512 g/mol. The van der Waals surface area contributed by atoms with E-state index in [9.17, 15) is 9.59 Å². The lowest BCUT2D eigenvalue weighted by molar-refractivity contribution is -0.136. The molecule has 6 nitrogen and oxygen atoms in total. The van der Waals surface area contributed by atoms with Crippen LogP contribution in [0, 0.1) is 5.92 Å². The van der Waals surface area contributed by atoms with Crippen LogP contribution in [0.5, 0.6) is 5.75 Å². The molecule has 1 saturated carbocycles. The third-order valence-corrected chi connectivity index (χ3v) is 7.93. The topological polar surface area (TPSA) is 53.1 Å². The summed E-state index contributed by atoms with van der Waals surface area (Å²) in [6.45, 7) is 7.82. The quantitative estimate of drug-likeness (QED) is 0.304. The summed E-state index contributed by atoms with van der Waals surface area (Å²) in [4.78, 5) is 32.5. The van der Waals surface area contributed by atoms with Crippen LogP contribution in [0.3, 0.4) is 0 Å². The van der Waals surface area contributed by atoms with E-state index in [2.05, 4.69) is 28.9 Å². The zero-order valence-electron chi connectivity index (χ0n) is 23.3. The number of hydrogen-bond donors (Lipinski definition) is 0. The molecule has 3 rings (SSSR count). The second-order valence-corrected chi connectivity index (χ2v) is 10.7. The highest BCUT2D eigenvalue weighted by Gasteiger charge is 2.26. The molecule has 206 valence electrons. The van der Waals surface area contributed by atoms with Crippen molar-refractivity contribution in [3.8, 4) is 5.75 Å². The summed E-state index contributed by atoms with van der Waals surface area (Å²) in [6.07, 6.45) is 16.4. The average Bonchev–Trinajstić information content (AvgIpc) is 2.95. The highest BCUT2D eigenvalue weighted by atomic mass is 16.5. The van der Waals surface area contributed by atoms with Crippen molar-refractivity contribution in [2.45, 2.75) is 77.6 Å². The van der Waals surface area contributed by atoms with E-state index < -0.39 is 0 Å². The molecular weight excluding hydrogens is 462 g/mol. The molecule has 0 bridgehead atoms. The van der Waals surface area contributed by atoms with Crippen LogP contribution in [-0.2, 0) is 9.59 Å². The molecular formula is C31H49N3O3. The molecule has 1 saturated heterocycles. The Balaban J connectivity index is 1.49. The molecule has 0 aromatic heterocycles. The first kappa shape index (κ1) is 29.2. The van der Waals surface area contributed by atoms with Gasteiger partial charge in [0.25, 0.3) is 0 Å². The number of piperazine rings is 1. The Morgan fingerprint density at radius 3 is 2.46 bits per heavy atom. The van der Waals surface area contributed by atoms with Crippen LogP contribution in [-0.4, -0.2) is 79.4 Å². The maximum absolute atomic E-state index is 13.4. The molecule has 1 aromatic rings. The van der Waals surface area contributed by atoms with Crippen molar-refractivity contribution in [3.05, 3.63) is 35.9 Å². The Morgan fingerprint density at radius 2 is 1.73 bits per heavy atom. The predicted octanol–water partition coefficient (Wildman–Crippen LogP) is 5.62. The van der Waals surface area contributed by atoms with Gasteiger partial charge in [-0.25, -0.2) is 0 Å². The minimum absolute atomic E-state index is 0.167. The van der Waals surface area contributed by atoms with E-state index in [1.807, 2.05) is 29.2 Å². The van der Waals surface area contributed by atoms with Gasteiger partial charge in [0.2, 0.25) is 11.8 Å². The van der Waals surface area contributed by atoms with Crippen LogP contribution in [0.4, 0.5) is 0 Å². The summed E-state index contributed by atoms with van der Waals surface area (Å²) in [5.74, 6) is 1.63. The molecule has 2 aliphatic rings. The maximum Gasteiger partial charge on any atom is 0.226 e. The fourth-order valence-electron chi connectivity index (χ4n) is 5.53. The van der Waals surface area contributed by atoms with Gasteiger partial charge in [-0.2, -0.15) is 0 Å². The second kappa shape index (κ2) is 16.5. The van der Waals surface area contributed by atoms with Crippen LogP contribution in [0.15, 0.2) is 30.3 Å². The molecule has 37 heavy (non-hydrogen) atoms. The van der Waals surface area contributed by atoms with Crippen LogP contribution in [0.1, 0.15) is 83.1 Å². The molecule has 1 aliphatic heterocycles. The lowest BCUT2D eigenvalue weighted by Gasteiger charge is -2.36. The van der Waals surface area contributed by atoms with Gasteiger partial charge in [-0.15, -0.1) is 0 Å². The lowest BCUT2D eigenvalue weighted by Crippen LogP contribution is -2.51. The highest BCUT2D eigenvalue weighted by molar-refractivity contribution is 5.79. The molecule has 1 heterocycles. The van der Waals surface area contributed by atoms with E-state index in [0.29, 0.717) is 24.8 Å². The van der Waals surface area contributed by atoms with Gasteiger partial charge in [-0.1, -0.05) is 82.2 Å². The first-order chi connectivity index (χ1) is 18.1. The van der Waals surface area contributed by atoms with Crippen molar-refractivity contribution in [2.24, 2.45) is 5.92 Å². The van der Waals surface area contributed by atoms with E-state index in [1.165, 1.54) is 25.7 Å². The van der Waals surface area contributed by atoms with Crippen molar-refractivity contribution in [1.82, 2.24) is 14.7 Å². The number of amides is 2. The van der Waals surface area contributed by atoms with Crippen molar-refractivity contribution < 1.29 is 14.3 Å². The van der Waals surface area contributed by atoms with Crippen molar-refractivity contribution in [3.63, 3.8) is 0 Å². The third kappa shape index (κ3) is 9.81. The van der Waals surface area contributed by atoms with Gasteiger partial charge < -0.3 is 14.5 Å². The maximum atomic E-state index is 13.4. The molecule has 2 amide bonds. The van der Waals surface area contributed by atoms with Gasteiger partial charge in [0.05, 0.1) is 7.11 Å². The van der Waals surface area contributed by atoms with Crippen molar-refractivity contribution in [1.29, 1.82) is 0 Å². The first-order valence-corrected chi connectivity index (χ1v) is 14.7. The number of carbonyl (C=O) groups is 2. The second-order valence-electron chi connectivity index (χ2n) is 10.7. The Morgan fingerprint density at radius 1 is 1.00 bits per heavy atom. The minimum atomic E-state index is 0.167. The van der Waals surface area contributed by atoms with Crippen LogP contribution < -0.4 is 4.74 Å². The third-order valence-electron chi connectivity index (χ3n) is 7.93. The summed E-state index contributed by atoms with van der Waals surface area (Å²) < 4.78 is 5.47. The van der Waals surface area contributed by atoms with Crippen LogP contribution >= 0.6 is 0 Å². The molecule has 1 aromatic carbocycles. The van der Waals surface area contributed by atoms with Gasteiger partial charge >= 0.3 is 0 Å². The fourth-order valence-corrected chi connectivity index (χ4v) is 5.53. The number of methoxy groups -OCH3 is 1. The first-order valence-electron chi connectivity index (χ1n) is 14.7. The predicted molar refractivity (Wildman–Crippen MR) is 152 cm³/mol. The highest BCUT2D eigenvalue weighted by Crippen LogP contribution is 2.26. The van der Waals surface area contributed by atoms with Gasteiger partial charge in [0, 0.05) is 63.7 Å². The number of benzene rings is 1. The summed E-state index contributed by atoms with van der Waals surface area (Å²) in [5, 5.41) is 0. The lowest BCUT2D eigenvalue weighted by atomic mass is 9.88. The number of ether oxygens (including phenoxy) is 1. The monoisotopic (exact) mass is 511 g/mol. The van der Waals surface area contributed by atoms with Crippen LogP contribution in [0.25, 0.3) is 6.08 Å². The Hall–Kier alpha value is -2.34. The van der Waals surface area contributed by atoms with Crippen molar-refractivity contribution in [2.75, 3.05) is 52.9 Å². The number of para-hydroxylation sites is 1. The Kier molecular flexibility index (Phi) is 13.0. The van der Waals surface area contributed by atoms with Gasteiger partial charge in [-0.05, 0) is 25.3 Å². The van der Waals surface area contributed by atoms with E-state index in [1.54, 1.807) is 7.11 Å². The summed E-state index contributed by atoms with van der Waals surface area (Å²) in [6, 6.07) is 7.97. The SMILES string of the molecule is CCCCCCCC(=O)N1CCN(CCN(C/C=C/c2ccccc2OC)C(=O)C2CCCCC2)CC1. The number of unbranched alkanes of at least 4 members (excludes halogenated alkanes) is 4. The standard InChI is InChI=1S/C31H49N3O3/c1-3-4-5-6-10-19-30(35)33-24-21-32(22-25-33)23-26-34(31(36)28-15-8-7-9-16-28)20-13-17-27-14-11-12-18-29(27)37-2/h11-14,17-18,28H,3-10,15-16,19-26H2,1-2H3/b17-13+. The van der Waals surface area contributed by atoms with E-state index in [4.69, 9.17) is 4.74 Å².